The van der Waals surface area contributed by atoms with Crippen LogP contribution in [0.2, 0.25) is 0 Å². The molecule has 0 saturated heterocycles. The van der Waals surface area contributed by atoms with Crippen molar-refractivity contribution in [1.29, 1.82) is 0 Å². The van der Waals surface area contributed by atoms with Crippen molar-refractivity contribution in [2.45, 2.75) is 19.8 Å². The highest BCUT2D eigenvalue weighted by Gasteiger charge is 2.19. The standard InChI is InChI=1S/C24H22F2N6O.H2S/c1-13(16-5-4-6-17-22(24(33)27-3)19(26)11-30-23(16)17)9-29-21-8-20(31-12-32-21)15-7-18(25)14(2)28-10-15;/h4-8,10-13H,9H2,1-3H3,(H,27,33)(H,29,31,32);1H2/t13-;/m1./s1. The SMILES string of the molecule is CNC(=O)c1c(F)cnc2c([C@H](C)CNc3cc(-c4cnc(C)c(F)c4)ncn3)cccc12.S. The number of hydrogen-bond donors (Lipinski definition) is 2. The van der Waals surface area contributed by atoms with Crippen molar-refractivity contribution in [1.82, 2.24) is 25.3 Å². The fraction of sp³-hybridized carbons (Fsp3) is 0.208. The summed E-state index contributed by atoms with van der Waals surface area (Å²) in [5.74, 6) is -1.04. The molecule has 0 saturated carbocycles. The lowest BCUT2D eigenvalue weighted by Gasteiger charge is -2.17. The highest BCUT2D eigenvalue weighted by Crippen LogP contribution is 2.28. The largest absolute Gasteiger partial charge is 0.369 e. The Bertz CT molecular complexity index is 1350. The van der Waals surface area contributed by atoms with E-state index in [0.29, 0.717) is 40.2 Å². The predicted molar refractivity (Wildman–Crippen MR) is 132 cm³/mol. The maximum Gasteiger partial charge on any atom is 0.254 e. The summed E-state index contributed by atoms with van der Waals surface area (Å²) < 4.78 is 28.2. The number of rotatable bonds is 6. The van der Waals surface area contributed by atoms with Gasteiger partial charge in [0.15, 0.2) is 5.82 Å². The second kappa shape index (κ2) is 10.5. The summed E-state index contributed by atoms with van der Waals surface area (Å²) in [5.41, 5.74) is 2.83. The molecular weight excluding hydrogens is 458 g/mol. The monoisotopic (exact) mass is 482 g/mol. The topological polar surface area (TPSA) is 92.7 Å². The van der Waals surface area contributed by atoms with Gasteiger partial charge in [0, 0.05) is 42.7 Å². The summed E-state index contributed by atoms with van der Waals surface area (Å²) in [4.78, 5) is 28.9. The van der Waals surface area contributed by atoms with Gasteiger partial charge in [-0.15, -0.1) is 0 Å². The van der Waals surface area contributed by atoms with Gasteiger partial charge in [0.1, 0.15) is 18.0 Å². The van der Waals surface area contributed by atoms with Crippen molar-refractivity contribution >= 4 is 36.1 Å². The Morgan fingerprint density at radius 1 is 1.06 bits per heavy atom. The van der Waals surface area contributed by atoms with E-state index < -0.39 is 17.5 Å². The lowest BCUT2D eigenvalue weighted by Crippen LogP contribution is -2.20. The molecule has 4 aromatic rings. The molecule has 2 N–H and O–H groups in total. The Morgan fingerprint density at radius 3 is 2.59 bits per heavy atom. The summed E-state index contributed by atoms with van der Waals surface area (Å²) in [6, 6.07) is 8.48. The lowest BCUT2D eigenvalue weighted by molar-refractivity contribution is 0.0960. The fourth-order valence-corrected chi connectivity index (χ4v) is 3.60. The van der Waals surface area contributed by atoms with E-state index in [2.05, 4.69) is 30.6 Å². The van der Waals surface area contributed by atoms with Gasteiger partial charge in [0.2, 0.25) is 0 Å². The van der Waals surface area contributed by atoms with E-state index in [0.717, 1.165) is 11.8 Å². The van der Waals surface area contributed by atoms with Crippen LogP contribution in [0.3, 0.4) is 0 Å². The molecule has 0 aliphatic heterocycles. The third-order valence-corrected chi connectivity index (χ3v) is 5.44. The van der Waals surface area contributed by atoms with Crippen molar-refractivity contribution in [3.63, 3.8) is 0 Å². The van der Waals surface area contributed by atoms with Crippen LogP contribution in [-0.4, -0.2) is 39.4 Å². The van der Waals surface area contributed by atoms with Crippen LogP contribution < -0.4 is 10.6 Å². The van der Waals surface area contributed by atoms with E-state index in [-0.39, 0.29) is 25.0 Å². The second-order valence-electron chi connectivity index (χ2n) is 7.67. The number of benzene rings is 1. The number of pyridine rings is 2. The summed E-state index contributed by atoms with van der Waals surface area (Å²) in [6.45, 7) is 4.08. The van der Waals surface area contributed by atoms with Crippen molar-refractivity contribution in [3.05, 3.63) is 77.5 Å². The van der Waals surface area contributed by atoms with Gasteiger partial charge in [0.25, 0.3) is 5.91 Å². The maximum atomic E-state index is 14.3. The molecule has 34 heavy (non-hydrogen) atoms. The van der Waals surface area contributed by atoms with E-state index in [9.17, 15) is 13.6 Å². The molecule has 0 aliphatic carbocycles. The molecule has 176 valence electrons. The molecule has 0 bridgehead atoms. The molecule has 1 aromatic carbocycles. The third-order valence-electron chi connectivity index (χ3n) is 5.44. The number of para-hydroxylation sites is 1. The van der Waals surface area contributed by atoms with E-state index in [1.54, 1.807) is 31.3 Å². The number of nitrogens with zero attached hydrogens (tertiary/aromatic N) is 4. The number of aromatic nitrogens is 4. The number of halogens is 2. The molecule has 0 radical (unpaired) electrons. The zero-order valence-corrected chi connectivity index (χ0v) is 19.9. The Balaban J connectivity index is 0.00000324. The van der Waals surface area contributed by atoms with Crippen molar-refractivity contribution in [3.8, 4) is 11.3 Å². The first-order valence-electron chi connectivity index (χ1n) is 10.4. The Labute approximate surface area is 202 Å². The van der Waals surface area contributed by atoms with Gasteiger partial charge in [-0.3, -0.25) is 14.8 Å². The van der Waals surface area contributed by atoms with Crippen LogP contribution >= 0.6 is 13.5 Å². The number of carbonyl (C=O) groups excluding carboxylic acids is 1. The number of anilines is 1. The number of amides is 1. The van der Waals surface area contributed by atoms with Crippen LogP contribution in [0.5, 0.6) is 0 Å². The molecule has 7 nitrogen and oxygen atoms in total. The van der Waals surface area contributed by atoms with Gasteiger partial charge in [0.05, 0.1) is 28.7 Å². The first-order chi connectivity index (χ1) is 15.9. The highest BCUT2D eigenvalue weighted by molar-refractivity contribution is 7.59. The third kappa shape index (κ3) is 4.96. The molecule has 1 amide bonds. The maximum absolute atomic E-state index is 14.3. The van der Waals surface area contributed by atoms with Gasteiger partial charge < -0.3 is 10.6 Å². The average molecular weight is 483 g/mol. The van der Waals surface area contributed by atoms with Crippen LogP contribution in [0.15, 0.2) is 49.1 Å². The van der Waals surface area contributed by atoms with Gasteiger partial charge in [-0.2, -0.15) is 13.5 Å². The van der Waals surface area contributed by atoms with Crippen molar-refractivity contribution < 1.29 is 13.6 Å². The molecule has 3 aromatic heterocycles. The summed E-state index contributed by atoms with van der Waals surface area (Å²) in [5, 5.41) is 6.19. The molecule has 10 heteroatoms. The van der Waals surface area contributed by atoms with Crippen LogP contribution in [0, 0.1) is 18.6 Å². The van der Waals surface area contributed by atoms with Crippen LogP contribution in [0.1, 0.15) is 34.5 Å². The molecule has 0 spiro atoms. The number of carbonyl (C=O) groups is 1. The van der Waals surface area contributed by atoms with E-state index in [1.165, 1.54) is 19.4 Å². The molecule has 0 unspecified atom stereocenters. The summed E-state index contributed by atoms with van der Waals surface area (Å²) >= 11 is 0. The van der Waals surface area contributed by atoms with E-state index in [1.807, 2.05) is 13.0 Å². The molecule has 3 heterocycles. The molecule has 4 rings (SSSR count). The van der Waals surface area contributed by atoms with Gasteiger partial charge in [-0.05, 0) is 18.6 Å². The normalized spacial score (nSPS) is 11.6. The summed E-state index contributed by atoms with van der Waals surface area (Å²) in [7, 11) is 1.46. The second-order valence-corrected chi connectivity index (χ2v) is 7.67. The number of aryl methyl sites for hydroxylation is 1. The molecular formula is C24H24F2N6OS. The zero-order valence-electron chi connectivity index (χ0n) is 18.9. The average Bonchev–Trinajstić information content (AvgIpc) is 2.83. The van der Waals surface area contributed by atoms with E-state index in [4.69, 9.17) is 0 Å². The van der Waals surface area contributed by atoms with Crippen molar-refractivity contribution in [2.75, 3.05) is 18.9 Å². The zero-order chi connectivity index (χ0) is 23.5. The van der Waals surface area contributed by atoms with Crippen LogP contribution in [0.25, 0.3) is 22.2 Å². The van der Waals surface area contributed by atoms with Crippen LogP contribution in [-0.2, 0) is 0 Å². The fourth-order valence-electron chi connectivity index (χ4n) is 3.60. The highest BCUT2D eigenvalue weighted by atomic mass is 32.1. The molecule has 0 fully saturated rings. The number of nitrogens with one attached hydrogen (secondary N) is 2. The predicted octanol–water partition coefficient (Wildman–Crippen LogP) is 4.36. The Morgan fingerprint density at radius 2 is 1.85 bits per heavy atom. The lowest BCUT2D eigenvalue weighted by atomic mass is 9.96. The first kappa shape index (κ1) is 25.0. The minimum absolute atomic E-state index is 0. The minimum atomic E-state index is -0.666. The van der Waals surface area contributed by atoms with Gasteiger partial charge in [-0.1, -0.05) is 25.1 Å². The molecule has 1 atom stereocenters. The van der Waals surface area contributed by atoms with Crippen molar-refractivity contribution in [2.24, 2.45) is 0 Å². The number of hydrogen-bond acceptors (Lipinski definition) is 6. The Kier molecular flexibility index (Phi) is 7.72. The van der Waals surface area contributed by atoms with Crippen LogP contribution in [0.4, 0.5) is 14.6 Å². The smallest absolute Gasteiger partial charge is 0.254 e. The summed E-state index contributed by atoms with van der Waals surface area (Å²) in [6.07, 6.45) is 4.04. The first-order valence-corrected chi connectivity index (χ1v) is 10.4. The quantitative estimate of drug-likeness (QED) is 0.424. The number of fused-ring (bicyclic) bond motifs is 1. The van der Waals surface area contributed by atoms with Gasteiger partial charge >= 0.3 is 0 Å². The molecule has 0 aliphatic rings. The van der Waals surface area contributed by atoms with Gasteiger partial charge in [-0.25, -0.2) is 18.7 Å². The minimum Gasteiger partial charge on any atom is -0.369 e. The van der Waals surface area contributed by atoms with E-state index >= 15 is 0 Å². The Hall–Kier alpha value is -3.66.